The Bertz CT molecular complexity index is 516. The fourth-order valence-corrected chi connectivity index (χ4v) is 1.21. The number of nitrogens with two attached hydrogens (primary N) is 1. The van der Waals surface area contributed by atoms with E-state index >= 15 is 0 Å². The van der Waals surface area contributed by atoms with E-state index in [1.54, 1.807) is 6.20 Å². The molecule has 0 aliphatic heterocycles. The lowest BCUT2D eigenvalue weighted by molar-refractivity contribution is 0.249. The Kier molecular flexibility index (Phi) is 2.32. The zero-order chi connectivity index (χ0) is 10.7. The van der Waals surface area contributed by atoms with Crippen LogP contribution in [0.3, 0.4) is 0 Å². The maximum absolute atomic E-state index is 10.4. The third kappa shape index (κ3) is 1.93. The summed E-state index contributed by atoms with van der Waals surface area (Å²) in [7, 11) is 0. The molecule has 3 N–H and O–H groups in total. The van der Waals surface area contributed by atoms with Crippen molar-refractivity contribution in [1.29, 1.82) is 0 Å². The van der Waals surface area contributed by atoms with Crippen LogP contribution in [0.1, 0.15) is 5.69 Å². The first-order valence-electron chi connectivity index (χ1n) is 4.28. The van der Waals surface area contributed by atoms with Crippen LogP contribution in [0.5, 0.6) is 0 Å². The smallest absolute Gasteiger partial charge is 0.332 e. The van der Waals surface area contributed by atoms with E-state index in [-0.39, 0.29) is 0 Å². The van der Waals surface area contributed by atoms with E-state index in [0.717, 1.165) is 11.3 Å². The van der Waals surface area contributed by atoms with Crippen LogP contribution >= 0.6 is 0 Å². The number of nitrogens with zero attached hydrogens (tertiary/aromatic N) is 3. The summed E-state index contributed by atoms with van der Waals surface area (Å²) in [4.78, 5) is 14.5. The largest absolute Gasteiger partial charge is 0.350 e. The number of hydrogen-bond donors (Lipinski definition) is 2. The first-order valence-corrected chi connectivity index (χ1v) is 4.28. The molecule has 0 atom stereocenters. The lowest BCUT2D eigenvalue weighted by Gasteiger charge is -1.94. The van der Waals surface area contributed by atoms with Gasteiger partial charge in [-0.2, -0.15) is 5.10 Å². The number of hydrogen-bond acceptors (Lipinski definition) is 3. The molecule has 0 spiro atoms. The molecular weight excluding hydrogens is 194 g/mol. The number of aromatic nitrogens is 2. The topological polar surface area (TPSA) is 84.8 Å². The summed E-state index contributed by atoms with van der Waals surface area (Å²) in [5.41, 5.74) is 8.55. The molecule has 0 aliphatic carbocycles. The molecule has 0 saturated heterocycles. The number of primary amides is 1. The van der Waals surface area contributed by atoms with E-state index in [1.807, 2.05) is 28.8 Å². The number of pyridine rings is 1. The van der Waals surface area contributed by atoms with Gasteiger partial charge in [0.2, 0.25) is 0 Å². The summed E-state index contributed by atoms with van der Waals surface area (Å²) in [5.74, 6) is 0. The molecule has 2 aromatic rings. The van der Waals surface area contributed by atoms with Crippen LogP contribution in [0.15, 0.2) is 35.7 Å². The van der Waals surface area contributed by atoms with Crippen molar-refractivity contribution in [3.8, 4) is 0 Å². The van der Waals surface area contributed by atoms with Gasteiger partial charge in [-0.05, 0) is 12.1 Å². The summed E-state index contributed by atoms with van der Waals surface area (Å²) >= 11 is 0. The molecule has 6 heteroatoms. The van der Waals surface area contributed by atoms with Gasteiger partial charge in [-0.25, -0.2) is 15.2 Å². The molecule has 2 heterocycles. The van der Waals surface area contributed by atoms with Crippen LogP contribution in [-0.4, -0.2) is 21.6 Å². The van der Waals surface area contributed by atoms with Gasteiger partial charge in [-0.15, -0.1) is 0 Å². The van der Waals surface area contributed by atoms with E-state index in [1.165, 1.54) is 6.21 Å². The molecule has 0 bridgehead atoms. The third-order valence-electron chi connectivity index (χ3n) is 1.82. The SMILES string of the molecule is NC(=O)NN=Cc1cnc2ccccn12. The Balaban J connectivity index is 2.28. The molecule has 2 rings (SSSR count). The number of fused-ring (bicyclic) bond motifs is 1. The number of imidazole rings is 1. The van der Waals surface area contributed by atoms with Crippen molar-refractivity contribution in [2.75, 3.05) is 0 Å². The summed E-state index contributed by atoms with van der Waals surface area (Å²) in [6.45, 7) is 0. The van der Waals surface area contributed by atoms with Crippen LogP contribution in [-0.2, 0) is 0 Å². The second-order valence-electron chi connectivity index (χ2n) is 2.85. The van der Waals surface area contributed by atoms with Crippen LogP contribution in [0, 0.1) is 0 Å². The van der Waals surface area contributed by atoms with Gasteiger partial charge < -0.3 is 5.73 Å². The van der Waals surface area contributed by atoms with Crippen molar-refractivity contribution in [2.45, 2.75) is 0 Å². The standard InChI is InChI=1S/C9H9N5O/c10-9(15)13-12-6-7-5-11-8-3-1-2-4-14(7)8/h1-6H,(H3,10,13,15). The summed E-state index contributed by atoms with van der Waals surface area (Å²) in [6, 6.07) is 4.96. The fourth-order valence-electron chi connectivity index (χ4n) is 1.21. The van der Waals surface area contributed by atoms with Crippen molar-refractivity contribution >= 4 is 17.9 Å². The van der Waals surface area contributed by atoms with Crippen LogP contribution < -0.4 is 11.2 Å². The van der Waals surface area contributed by atoms with E-state index in [0.29, 0.717) is 0 Å². The number of amides is 2. The molecule has 0 unspecified atom stereocenters. The highest BCUT2D eigenvalue weighted by molar-refractivity contribution is 5.80. The van der Waals surface area contributed by atoms with Crippen molar-refractivity contribution in [3.05, 3.63) is 36.3 Å². The molecule has 15 heavy (non-hydrogen) atoms. The number of rotatable bonds is 2. The second-order valence-corrected chi connectivity index (χ2v) is 2.85. The molecule has 0 aromatic carbocycles. The molecule has 0 saturated carbocycles. The molecule has 0 fully saturated rings. The highest BCUT2D eigenvalue weighted by Gasteiger charge is 1.98. The van der Waals surface area contributed by atoms with Gasteiger partial charge in [0.25, 0.3) is 0 Å². The minimum Gasteiger partial charge on any atom is -0.350 e. The molecule has 0 radical (unpaired) electrons. The molecule has 0 aliphatic rings. The molecular formula is C9H9N5O. The monoisotopic (exact) mass is 203 g/mol. The minimum absolute atomic E-state index is 0.694. The highest BCUT2D eigenvalue weighted by atomic mass is 16.2. The average molecular weight is 203 g/mol. The highest BCUT2D eigenvalue weighted by Crippen LogP contribution is 2.03. The Morgan fingerprint density at radius 2 is 2.47 bits per heavy atom. The second kappa shape index (κ2) is 3.79. The molecule has 6 nitrogen and oxygen atoms in total. The number of nitrogens with one attached hydrogen (secondary N) is 1. The normalized spacial score (nSPS) is 10.9. The van der Waals surface area contributed by atoms with Crippen molar-refractivity contribution in [2.24, 2.45) is 10.8 Å². The van der Waals surface area contributed by atoms with Gasteiger partial charge in [0.1, 0.15) is 5.65 Å². The number of carbonyl (C=O) groups excluding carboxylic acids is 1. The number of urea groups is 1. The zero-order valence-electron chi connectivity index (χ0n) is 7.79. The van der Waals surface area contributed by atoms with Crippen molar-refractivity contribution in [3.63, 3.8) is 0 Å². The first-order chi connectivity index (χ1) is 7.27. The maximum Gasteiger partial charge on any atom is 0.332 e. The third-order valence-corrected chi connectivity index (χ3v) is 1.82. The first kappa shape index (κ1) is 9.20. The van der Waals surface area contributed by atoms with Crippen LogP contribution in [0.4, 0.5) is 4.79 Å². The van der Waals surface area contributed by atoms with Gasteiger partial charge in [-0.3, -0.25) is 4.40 Å². The Hall–Kier alpha value is -2.37. The summed E-state index contributed by atoms with van der Waals surface area (Å²) < 4.78 is 1.84. The zero-order valence-corrected chi connectivity index (χ0v) is 7.79. The molecule has 2 amide bonds. The lowest BCUT2D eigenvalue weighted by Crippen LogP contribution is -2.24. The van der Waals surface area contributed by atoms with Gasteiger partial charge in [0.15, 0.2) is 0 Å². The van der Waals surface area contributed by atoms with Crippen LogP contribution in [0.2, 0.25) is 0 Å². The minimum atomic E-state index is -0.694. The quantitative estimate of drug-likeness (QED) is 0.544. The summed E-state index contributed by atoms with van der Waals surface area (Å²) in [5, 5.41) is 3.65. The predicted octanol–water partition coefficient (Wildman–Crippen LogP) is 0.336. The van der Waals surface area contributed by atoms with Crippen LogP contribution in [0.25, 0.3) is 5.65 Å². The summed E-state index contributed by atoms with van der Waals surface area (Å²) in [6.07, 6.45) is 4.99. The Labute approximate surface area is 85.4 Å². The maximum atomic E-state index is 10.4. The average Bonchev–Trinajstić information content (AvgIpc) is 2.62. The predicted molar refractivity (Wildman–Crippen MR) is 55.5 cm³/mol. The van der Waals surface area contributed by atoms with Gasteiger partial charge in [0, 0.05) is 6.20 Å². The number of carbonyl (C=O) groups is 1. The van der Waals surface area contributed by atoms with E-state index in [4.69, 9.17) is 5.73 Å². The van der Waals surface area contributed by atoms with Crippen molar-refractivity contribution in [1.82, 2.24) is 14.8 Å². The van der Waals surface area contributed by atoms with Gasteiger partial charge in [0.05, 0.1) is 18.1 Å². The number of hydrazone groups is 1. The molecule has 2 aromatic heterocycles. The Morgan fingerprint density at radius 3 is 3.27 bits per heavy atom. The van der Waals surface area contributed by atoms with E-state index in [2.05, 4.69) is 15.5 Å². The lowest BCUT2D eigenvalue weighted by atomic mass is 10.4. The van der Waals surface area contributed by atoms with Crippen molar-refractivity contribution < 1.29 is 4.79 Å². The molecule has 76 valence electrons. The van der Waals surface area contributed by atoms with E-state index < -0.39 is 6.03 Å². The Morgan fingerprint density at radius 1 is 1.60 bits per heavy atom. The fraction of sp³-hybridized carbons (Fsp3) is 0. The van der Waals surface area contributed by atoms with Gasteiger partial charge >= 0.3 is 6.03 Å². The van der Waals surface area contributed by atoms with Gasteiger partial charge in [-0.1, -0.05) is 6.07 Å². The van der Waals surface area contributed by atoms with E-state index in [9.17, 15) is 4.79 Å².